The summed E-state index contributed by atoms with van der Waals surface area (Å²) in [5.41, 5.74) is 7.41. The average Bonchev–Trinajstić information content (AvgIpc) is 3.31. The van der Waals surface area contributed by atoms with Gasteiger partial charge in [0.25, 0.3) is 0 Å². The SMILES string of the molecule is Cc1c(Nc2c(C#N)cncc2-c2cncc(CN3CCNCC3)c2)ccc2[nH]ccc12. The van der Waals surface area contributed by atoms with Gasteiger partial charge in [-0.1, -0.05) is 0 Å². The zero-order valence-electron chi connectivity index (χ0n) is 18.0. The molecule has 7 heteroatoms. The van der Waals surface area contributed by atoms with Gasteiger partial charge in [0.2, 0.25) is 0 Å². The molecule has 0 unspecified atom stereocenters. The standard InChI is InChI=1S/C25H25N7/c1-17-21-4-5-30-24(21)3-2-23(17)31-25-20(11-26)14-29-15-22(25)19-10-18(12-28-13-19)16-32-8-6-27-7-9-32/h2-5,10,12-15,27,30H,6-9,16H2,1H3,(H,29,31). The second-order valence-corrected chi connectivity index (χ2v) is 8.13. The summed E-state index contributed by atoms with van der Waals surface area (Å²) in [5, 5.41) is 17.8. The Morgan fingerprint density at radius 3 is 2.78 bits per heavy atom. The summed E-state index contributed by atoms with van der Waals surface area (Å²) < 4.78 is 0. The van der Waals surface area contributed by atoms with Gasteiger partial charge in [0.1, 0.15) is 6.07 Å². The molecule has 7 nitrogen and oxygen atoms in total. The van der Waals surface area contributed by atoms with E-state index in [1.165, 1.54) is 0 Å². The lowest BCUT2D eigenvalue weighted by molar-refractivity contribution is 0.233. The van der Waals surface area contributed by atoms with Crippen LogP contribution in [0.3, 0.4) is 0 Å². The number of hydrogen-bond donors (Lipinski definition) is 3. The summed E-state index contributed by atoms with van der Waals surface area (Å²) in [7, 11) is 0. The highest BCUT2D eigenvalue weighted by Crippen LogP contribution is 2.35. The smallest absolute Gasteiger partial charge is 0.103 e. The van der Waals surface area contributed by atoms with Crippen LogP contribution in [0.15, 0.2) is 55.2 Å². The van der Waals surface area contributed by atoms with Crippen LogP contribution in [0, 0.1) is 18.3 Å². The number of nitriles is 1. The van der Waals surface area contributed by atoms with Crippen LogP contribution in [0.25, 0.3) is 22.0 Å². The molecule has 1 aliphatic heterocycles. The van der Waals surface area contributed by atoms with Gasteiger partial charge >= 0.3 is 0 Å². The Kier molecular flexibility index (Phi) is 5.55. The van der Waals surface area contributed by atoms with Crippen LogP contribution in [0.5, 0.6) is 0 Å². The molecule has 0 spiro atoms. The van der Waals surface area contributed by atoms with E-state index >= 15 is 0 Å². The second-order valence-electron chi connectivity index (χ2n) is 8.13. The fourth-order valence-electron chi connectivity index (χ4n) is 4.30. The van der Waals surface area contributed by atoms with Crippen LogP contribution in [0.2, 0.25) is 0 Å². The molecule has 0 bridgehead atoms. The summed E-state index contributed by atoms with van der Waals surface area (Å²) in [5.74, 6) is 0. The predicted octanol–water partition coefficient (Wildman–Crippen LogP) is 3.95. The maximum absolute atomic E-state index is 9.78. The van der Waals surface area contributed by atoms with Crippen molar-refractivity contribution >= 4 is 22.3 Å². The van der Waals surface area contributed by atoms with Crippen molar-refractivity contribution in [3.05, 3.63) is 71.9 Å². The van der Waals surface area contributed by atoms with Gasteiger partial charge in [-0.2, -0.15) is 5.26 Å². The number of aryl methyl sites for hydroxylation is 1. The van der Waals surface area contributed by atoms with Crippen molar-refractivity contribution in [3.63, 3.8) is 0 Å². The Balaban J connectivity index is 1.52. The van der Waals surface area contributed by atoms with Gasteiger partial charge in [-0.15, -0.1) is 0 Å². The second kappa shape index (κ2) is 8.79. The monoisotopic (exact) mass is 423 g/mol. The molecule has 1 saturated heterocycles. The van der Waals surface area contributed by atoms with Crippen molar-refractivity contribution in [2.75, 3.05) is 31.5 Å². The fourth-order valence-corrected chi connectivity index (χ4v) is 4.30. The molecule has 0 atom stereocenters. The first-order valence-corrected chi connectivity index (χ1v) is 10.8. The molecule has 0 aliphatic carbocycles. The zero-order valence-corrected chi connectivity index (χ0v) is 18.0. The maximum atomic E-state index is 9.78. The van der Waals surface area contributed by atoms with Crippen molar-refractivity contribution in [3.8, 4) is 17.2 Å². The molecule has 0 amide bonds. The highest BCUT2D eigenvalue weighted by atomic mass is 15.2. The molecule has 4 heterocycles. The molecule has 1 aliphatic rings. The highest BCUT2D eigenvalue weighted by molar-refractivity contribution is 5.91. The van der Waals surface area contributed by atoms with Gasteiger partial charge < -0.3 is 15.6 Å². The number of nitrogens with one attached hydrogen (secondary N) is 3. The normalized spacial score (nSPS) is 14.4. The minimum absolute atomic E-state index is 0.503. The van der Waals surface area contributed by atoms with E-state index in [2.05, 4.69) is 55.6 Å². The molecule has 4 aromatic rings. The quantitative estimate of drug-likeness (QED) is 0.450. The molecule has 3 aromatic heterocycles. The Hall–Kier alpha value is -3.73. The van der Waals surface area contributed by atoms with Crippen molar-refractivity contribution < 1.29 is 0 Å². The molecule has 0 saturated carbocycles. The molecule has 1 fully saturated rings. The Morgan fingerprint density at radius 2 is 1.94 bits per heavy atom. The van der Waals surface area contributed by atoms with E-state index in [9.17, 15) is 5.26 Å². The van der Waals surface area contributed by atoms with Crippen LogP contribution in [0.4, 0.5) is 11.4 Å². The third kappa shape index (κ3) is 3.94. The first-order valence-electron chi connectivity index (χ1n) is 10.8. The topological polar surface area (TPSA) is 92.7 Å². The number of H-pyrrole nitrogens is 1. The average molecular weight is 424 g/mol. The lowest BCUT2D eigenvalue weighted by Gasteiger charge is -2.27. The van der Waals surface area contributed by atoms with Crippen LogP contribution in [0.1, 0.15) is 16.7 Å². The van der Waals surface area contributed by atoms with Crippen molar-refractivity contribution in [1.82, 2.24) is 25.2 Å². The number of aromatic nitrogens is 3. The van der Waals surface area contributed by atoms with Gasteiger partial charge in [-0.3, -0.25) is 14.9 Å². The van der Waals surface area contributed by atoms with E-state index in [1.807, 2.05) is 30.7 Å². The minimum Gasteiger partial charge on any atom is -0.361 e. The number of rotatable bonds is 5. The molecule has 3 N–H and O–H groups in total. The number of nitrogens with zero attached hydrogens (tertiary/aromatic N) is 4. The summed E-state index contributed by atoms with van der Waals surface area (Å²) >= 11 is 0. The molecular weight excluding hydrogens is 398 g/mol. The number of fused-ring (bicyclic) bond motifs is 1. The van der Waals surface area contributed by atoms with Gasteiger partial charge in [0.05, 0.1) is 11.3 Å². The largest absolute Gasteiger partial charge is 0.361 e. The Morgan fingerprint density at radius 1 is 1.09 bits per heavy atom. The number of piperazine rings is 1. The van der Waals surface area contributed by atoms with Crippen molar-refractivity contribution in [1.29, 1.82) is 5.26 Å². The molecule has 32 heavy (non-hydrogen) atoms. The van der Waals surface area contributed by atoms with E-state index < -0.39 is 0 Å². The van der Waals surface area contributed by atoms with Gasteiger partial charge in [0.15, 0.2) is 0 Å². The van der Waals surface area contributed by atoms with E-state index in [0.717, 1.165) is 77.3 Å². The summed E-state index contributed by atoms with van der Waals surface area (Å²) in [6.07, 6.45) is 9.11. The molecular formula is C25H25N7. The molecule has 160 valence electrons. The van der Waals surface area contributed by atoms with Crippen molar-refractivity contribution in [2.45, 2.75) is 13.5 Å². The van der Waals surface area contributed by atoms with Crippen molar-refractivity contribution in [2.24, 2.45) is 0 Å². The Bertz CT molecular complexity index is 1300. The van der Waals surface area contributed by atoms with E-state index in [0.29, 0.717) is 5.56 Å². The van der Waals surface area contributed by atoms with Gasteiger partial charge in [0, 0.05) is 91.4 Å². The first-order chi connectivity index (χ1) is 15.7. The van der Waals surface area contributed by atoms with E-state index in [1.54, 1.807) is 12.4 Å². The third-order valence-corrected chi connectivity index (χ3v) is 6.05. The predicted molar refractivity (Wildman–Crippen MR) is 127 cm³/mol. The zero-order chi connectivity index (χ0) is 21.9. The summed E-state index contributed by atoms with van der Waals surface area (Å²) in [6.45, 7) is 7.04. The lowest BCUT2D eigenvalue weighted by Crippen LogP contribution is -2.42. The minimum atomic E-state index is 0.503. The molecule has 5 rings (SSSR count). The van der Waals surface area contributed by atoms with Gasteiger partial charge in [-0.05, 0) is 42.3 Å². The molecule has 0 radical (unpaired) electrons. The van der Waals surface area contributed by atoms with Gasteiger partial charge in [-0.25, -0.2) is 0 Å². The van der Waals surface area contributed by atoms with Crippen LogP contribution < -0.4 is 10.6 Å². The number of benzene rings is 1. The number of hydrogen-bond acceptors (Lipinski definition) is 6. The molecule has 1 aromatic carbocycles. The highest BCUT2D eigenvalue weighted by Gasteiger charge is 2.16. The third-order valence-electron chi connectivity index (χ3n) is 6.05. The van der Waals surface area contributed by atoms with Crippen LogP contribution in [-0.2, 0) is 6.54 Å². The first kappa shape index (κ1) is 20.2. The maximum Gasteiger partial charge on any atom is 0.103 e. The summed E-state index contributed by atoms with van der Waals surface area (Å²) in [6, 6.07) is 10.6. The lowest BCUT2D eigenvalue weighted by atomic mass is 10.0. The van der Waals surface area contributed by atoms with Crippen LogP contribution >= 0.6 is 0 Å². The van der Waals surface area contributed by atoms with Crippen LogP contribution in [-0.4, -0.2) is 46.0 Å². The number of anilines is 2. The van der Waals surface area contributed by atoms with E-state index in [4.69, 9.17) is 0 Å². The Labute approximate surface area is 187 Å². The summed E-state index contributed by atoms with van der Waals surface area (Å²) in [4.78, 5) is 14.5. The fraction of sp³-hybridized carbons (Fsp3) is 0.240. The number of aromatic amines is 1. The number of pyridine rings is 2. The van der Waals surface area contributed by atoms with E-state index in [-0.39, 0.29) is 0 Å².